The average Bonchev–Trinajstić information content (AvgIpc) is 3.05. The first kappa shape index (κ1) is 19.7. The number of anilines is 3. The van der Waals surface area contributed by atoms with E-state index < -0.39 is 0 Å². The summed E-state index contributed by atoms with van der Waals surface area (Å²) in [6, 6.07) is 11.8. The molecule has 1 aromatic heterocycles. The molecule has 0 atom stereocenters. The number of carbonyl (C=O) groups is 1. The minimum Gasteiger partial charge on any atom is -0.372 e. The van der Waals surface area contributed by atoms with Gasteiger partial charge in [0.25, 0.3) is 5.91 Å². The van der Waals surface area contributed by atoms with Gasteiger partial charge in [-0.05, 0) is 68.0 Å². The van der Waals surface area contributed by atoms with Crippen LogP contribution in [-0.2, 0) is 0 Å². The molecular formula is C23H31N5O. The summed E-state index contributed by atoms with van der Waals surface area (Å²) in [5.74, 6) is 1.46. The molecule has 154 valence electrons. The monoisotopic (exact) mass is 393 g/mol. The number of nitrogens with one attached hydrogen (secondary N) is 1. The minimum atomic E-state index is -0.223. The van der Waals surface area contributed by atoms with Crippen molar-refractivity contribution in [1.82, 2.24) is 10.2 Å². The first-order valence-corrected chi connectivity index (χ1v) is 10.9. The molecule has 6 heteroatoms. The van der Waals surface area contributed by atoms with E-state index in [2.05, 4.69) is 44.4 Å². The predicted octanol–water partition coefficient (Wildman–Crippen LogP) is 4.35. The van der Waals surface area contributed by atoms with Gasteiger partial charge in [0.1, 0.15) is 0 Å². The zero-order valence-electron chi connectivity index (χ0n) is 17.3. The van der Waals surface area contributed by atoms with Gasteiger partial charge in [0.05, 0.1) is 0 Å². The lowest BCUT2D eigenvalue weighted by atomic mass is 9.99. The first-order valence-electron chi connectivity index (χ1n) is 10.9. The molecule has 0 bridgehead atoms. The number of benzene rings is 1. The van der Waals surface area contributed by atoms with Gasteiger partial charge in [-0.3, -0.25) is 4.79 Å². The Labute approximate surface area is 173 Å². The van der Waals surface area contributed by atoms with E-state index in [4.69, 9.17) is 0 Å². The Hall–Kier alpha value is -2.63. The lowest BCUT2D eigenvalue weighted by molar-refractivity contribution is 0.102. The molecule has 1 N–H and O–H groups in total. The number of amides is 1. The van der Waals surface area contributed by atoms with Gasteiger partial charge < -0.3 is 15.1 Å². The minimum absolute atomic E-state index is 0.223. The van der Waals surface area contributed by atoms with E-state index in [0.29, 0.717) is 5.69 Å². The highest BCUT2D eigenvalue weighted by atomic mass is 16.1. The molecule has 2 aromatic rings. The highest BCUT2D eigenvalue weighted by Gasteiger charge is 2.17. The number of hydrogen-bond donors (Lipinski definition) is 1. The van der Waals surface area contributed by atoms with Crippen molar-refractivity contribution in [2.75, 3.05) is 41.3 Å². The van der Waals surface area contributed by atoms with E-state index in [9.17, 15) is 4.79 Å². The summed E-state index contributed by atoms with van der Waals surface area (Å²) >= 11 is 0. The molecule has 3 heterocycles. The van der Waals surface area contributed by atoms with Crippen LogP contribution in [0.5, 0.6) is 0 Å². The number of hydrogen-bond acceptors (Lipinski definition) is 5. The fraction of sp³-hybridized carbons (Fsp3) is 0.522. The molecular weight excluding hydrogens is 362 g/mol. The molecule has 1 amide bonds. The molecule has 6 nitrogen and oxygen atoms in total. The van der Waals surface area contributed by atoms with Crippen molar-refractivity contribution in [3.63, 3.8) is 0 Å². The Morgan fingerprint density at radius 3 is 2.17 bits per heavy atom. The second-order valence-electron chi connectivity index (χ2n) is 8.35. The Morgan fingerprint density at radius 2 is 1.55 bits per heavy atom. The van der Waals surface area contributed by atoms with Gasteiger partial charge in [-0.1, -0.05) is 19.8 Å². The quantitative estimate of drug-likeness (QED) is 0.837. The summed E-state index contributed by atoms with van der Waals surface area (Å²) in [5.41, 5.74) is 2.34. The Morgan fingerprint density at radius 1 is 0.862 bits per heavy atom. The van der Waals surface area contributed by atoms with Crippen LogP contribution in [0.15, 0.2) is 36.4 Å². The maximum absolute atomic E-state index is 12.5. The molecule has 2 fully saturated rings. The van der Waals surface area contributed by atoms with Crippen LogP contribution in [0, 0.1) is 5.92 Å². The molecule has 0 radical (unpaired) electrons. The van der Waals surface area contributed by atoms with Crippen LogP contribution in [0.25, 0.3) is 0 Å². The number of carbonyl (C=O) groups excluding carboxylic acids is 1. The first-order chi connectivity index (χ1) is 14.2. The van der Waals surface area contributed by atoms with Crippen LogP contribution >= 0.6 is 0 Å². The van der Waals surface area contributed by atoms with E-state index >= 15 is 0 Å². The summed E-state index contributed by atoms with van der Waals surface area (Å²) in [5, 5.41) is 11.4. The molecule has 1 aromatic carbocycles. The summed E-state index contributed by atoms with van der Waals surface area (Å²) in [6.45, 7) is 6.56. The SMILES string of the molecule is CC1CCN(c2ccc(NC(=O)c3ccc(N4CCCCCC4)nn3)cc2)CC1. The smallest absolute Gasteiger partial charge is 0.276 e. The van der Waals surface area contributed by atoms with Crippen molar-refractivity contribution in [2.24, 2.45) is 5.92 Å². The number of nitrogens with zero attached hydrogens (tertiary/aromatic N) is 4. The molecule has 0 unspecified atom stereocenters. The standard InChI is InChI=1S/C23H31N5O/c1-18-12-16-27(17-13-18)20-8-6-19(7-9-20)24-23(29)21-10-11-22(26-25-21)28-14-4-2-3-5-15-28/h6-11,18H,2-5,12-17H2,1H3,(H,24,29). The second kappa shape index (κ2) is 9.25. The lowest BCUT2D eigenvalue weighted by Gasteiger charge is -2.32. The topological polar surface area (TPSA) is 61.4 Å². The van der Waals surface area contributed by atoms with Crippen molar-refractivity contribution in [3.05, 3.63) is 42.1 Å². The van der Waals surface area contributed by atoms with E-state index in [1.54, 1.807) is 6.07 Å². The Balaban J connectivity index is 1.35. The highest BCUT2D eigenvalue weighted by molar-refractivity contribution is 6.02. The van der Waals surface area contributed by atoms with Gasteiger partial charge in [0.2, 0.25) is 0 Å². The van der Waals surface area contributed by atoms with E-state index in [1.165, 1.54) is 44.2 Å². The molecule has 2 saturated heterocycles. The molecule has 0 saturated carbocycles. The lowest BCUT2D eigenvalue weighted by Crippen LogP contribution is -2.32. The van der Waals surface area contributed by atoms with Crippen LogP contribution in [-0.4, -0.2) is 42.3 Å². The molecule has 2 aliphatic rings. The van der Waals surface area contributed by atoms with Gasteiger partial charge in [0.15, 0.2) is 11.5 Å². The number of piperidine rings is 1. The van der Waals surface area contributed by atoms with E-state index in [1.807, 2.05) is 18.2 Å². The molecule has 29 heavy (non-hydrogen) atoms. The van der Waals surface area contributed by atoms with Gasteiger partial charge in [-0.15, -0.1) is 10.2 Å². The van der Waals surface area contributed by atoms with Crippen molar-refractivity contribution in [1.29, 1.82) is 0 Å². The normalized spacial score (nSPS) is 18.4. The molecule has 2 aliphatic heterocycles. The van der Waals surface area contributed by atoms with E-state index in [-0.39, 0.29) is 5.91 Å². The van der Waals surface area contributed by atoms with Gasteiger partial charge >= 0.3 is 0 Å². The van der Waals surface area contributed by atoms with Crippen molar-refractivity contribution < 1.29 is 4.79 Å². The predicted molar refractivity (Wildman–Crippen MR) is 118 cm³/mol. The maximum atomic E-state index is 12.5. The second-order valence-corrected chi connectivity index (χ2v) is 8.35. The summed E-state index contributed by atoms with van der Waals surface area (Å²) in [4.78, 5) is 17.2. The Kier molecular flexibility index (Phi) is 6.27. The van der Waals surface area contributed by atoms with Crippen LogP contribution in [0.1, 0.15) is 55.9 Å². The molecule has 0 spiro atoms. The van der Waals surface area contributed by atoms with Crippen LogP contribution in [0.3, 0.4) is 0 Å². The Bertz CT molecular complexity index is 789. The molecule has 0 aliphatic carbocycles. The average molecular weight is 394 g/mol. The van der Waals surface area contributed by atoms with Crippen LogP contribution in [0.4, 0.5) is 17.2 Å². The third-order valence-electron chi connectivity index (χ3n) is 6.09. The van der Waals surface area contributed by atoms with Gasteiger partial charge in [-0.25, -0.2) is 0 Å². The van der Waals surface area contributed by atoms with Crippen molar-refractivity contribution in [3.8, 4) is 0 Å². The summed E-state index contributed by atoms with van der Waals surface area (Å²) in [6.07, 6.45) is 7.42. The number of rotatable bonds is 4. The van der Waals surface area contributed by atoms with Gasteiger partial charge in [0, 0.05) is 37.6 Å². The number of aromatic nitrogens is 2. The van der Waals surface area contributed by atoms with Crippen molar-refractivity contribution in [2.45, 2.75) is 45.4 Å². The maximum Gasteiger partial charge on any atom is 0.276 e. The third-order valence-corrected chi connectivity index (χ3v) is 6.09. The largest absolute Gasteiger partial charge is 0.372 e. The fourth-order valence-corrected chi connectivity index (χ4v) is 4.13. The fourth-order valence-electron chi connectivity index (χ4n) is 4.13. The van der Waals surface area contributed by atoms with Crippen LogP contribution < -0.4 is 15.1 Å². The summed E-state index contributed by atoms with van der Waals surface area (Å²) < 4.78 is 0. The van der Waals surface area contributed by atoms with Crippen molar-refractivity contribution >= 4 is 23.1 Å². The third kappa shape index (κ3) is 5.05. The zero-order chi connectivity index (χ0) is 20.1. The van der Waals surface area contributed by atoms with E-state index in [0.717, 1.165) is 43.6 Å². The summed E-state index contributed by atoms with van der Waals surface area (Å²) in [7, 11) is 0. The highest BCUT2D eigenvalue weighted by Crippen LogP contribution is 2.24. The zero-order valence-corrected chi connectivity index (χ0v) is 17.3. The van der Waals surface area contributed by atoms with Crippen LogP contribution in [0.2, 0.25) is 0 Å². The molecule has 4 rings (SSSR count). The van der Waals surface area contributed by atoms with Gasteiger partial charge in [-0.2, -0.15) is 0 Å².